The van der Waals surface area contributed by atoms with Crippen molar-refractivity contribution in [3.8, 4) is 11.6 Å². The lowest BCUT2D eigenvalue weighted by Gasteiger charge is -2.07. The zero-order valence-corrected chi connectivity index (χ0v) is 12.9. The molecule has 3 aromatic rings. The molecule has 0 radical (unpaired) electrons. The minimum absolute atomic E-state index is 0.242. The lowest BCUT2D eigenvalue weighted by Crippen LogP contribution is -2.23. The molecule has 0 saturated carbocycles. The molecular formula is C12H11N5O2S2. The summed E-state index contributed by atoms with van der Waals surface area (Å²) in [6, 6.07) is 1.70. The van der Waals surface area contributed by atoms with Crippen molar-refractivity contribution in [1.82, 2.24) is 24.5 Å². The molecule has 0 amide bonds. The van der Waals surface area contributed by atoms with E-state index in [0.717, 1.165) is 11.3 Å². The number of hydrogen-bond acceptors (Lipinski definition) is 7. The third-order valence-electron chi connectivity index (χ3n) is 2.83. The maximum atomic E-state index is 12.5. The first-order chi connectivity index (χ1) is 10.1. The van der Waals surface area contributed by atoms with E-state index in [1.807, 2.05) is 6.92 Å². The maximum absolute atomic E-state index is 12.5. The number of rotatable bonds is 3. The number of nitrogens with zero attached hydrogens (tertiary/aromatic N) is 5. The molecule has 3 rings (SSSR count). The fourth-order valence-electron chi connectivity index (χ4n) is 1.89. The van der Waals surface area contributed by atoms with Gasteiger partial charge in [-0.05, 0) is 24.3 Å². The van der Waals surface area contributed by atoms with Gasteiger partial charge >= 0.3 is 4.34 Å². The van der Waals surface area contributed by atoms with Crippen LogP contribution < -0.4 is 5.56 Å². The van der Waals surface area contributed by atoms with Crippen LogP contribution in [-0.4, -0.2) is 35.3 Å². The van der Waals surface area contributed by atoms with Crippen LogP contribution in [0.2, 0.25) is 0 Å². The van der Waals surface area contributed by atoms with Gasteiger partial charge in [0, 0.05) is 30.1 Å². The summed E-state index contributed by atoms with van der Waals surface area (Å²) >= 11 is -0.0852. The Morgan fingerprint density at radius 1 is 1.33 bits per heavy atom. The molecule has 0 aliphatic carbocycles. The van der Waals surface area contributed by atoms with E-state index in [9.17, 15) is 9.35 Å². The van der Waals surface area contributed by atoms with E-state index < -0.39 is 11.2 Å². The maximum Gasteiger partial charge on any atom is 0.304 e. The normalized spacial score (nSPS) is 12.7. The second kappa shape index (κ2) is 5.51. The smallest absolute Gasteiger partial charge is 0.304 e. The molecule has 108 valence electrons. The van der Waals surface area contributed by atoms with Gasteiger partial charge in [-0.3, -0.25) is 9.36 Å². The summed E-state index contributed by atoms with van der Waals surface area (Å²) in [7, 11) is 0. The first kappa shape index (κ1) is 14.1. The van der Waals surface area contributed by atoms with E-state index in [1.165, 1.54) is 10.8 Å². The van der Waals surface area contributed by atoms with Gasteiger partial charge in [-0.1, -0.05) is 0 Å². The van der Waals surface area contributed by atoms with Gasteiger partial charge in [0.15, 0.2) is 22.0 Å². The lowest BCUT2D eigenvalue weighted by atomic mass is 10.4. The van der Waals surface area contributed by atoms with Gasteiger partial charge in [0.1, 0.15) is 6.26 Å². The highest BCUT2D eigenvalue weighted by Crippen LogP contribution is 2.23. The van der Waals surface area contributed by atoms with Crippen molar-refractivity contribution < 1.29 is 4.55 Å². The van der Waals surface area contributed by atoms with Crippen LogP contribution in [-0.2, 0) is 17.7 Å². The fourth-order valence-corrected chi connectivity index (χ4v) is 3.48. The average molecular weight is 321 g/mol. The van der Waals surface area contributed by atoms with Gasteiger partial charge in [-0.2, -0.15) is 4.98 Å². The van der Waals surface area contributed by atoms with E-state index in [1.54, 1.807) is 18.5 Å². The van der Waals surface area contributed by atoms with Gasteiger partial charge < -0.3 is 4.55 Å². The topological polar surface area (TPSA) is 96.6 Å². The van der Waals surface area contributed by atoms with Crippen molar-refractivity contribution in [1.29, 1.82) is 0 Å². The van der Waals surface area contributed by atoms with Crippen LogP contribution in [0.15, 0.2) is 27.6 Å². The summed E-state index contributed by atoms with van der Waals surface area (Å²) in [5.41, 5.74) is -0.0235. The van der Waals surface area contributed by atoms with Gasteiger partial charge in [0.05, 0.1) is 0 Å². The Morgan fingerprint density at radius 3 is 2.67 bits per heavy atom. The summed E-state index contributed by atoms with van der Waals surface area (Å²) in [5.74, 6) is 0.776. The molecule has 0 saturated heterocycles. The van der Waals surface area contributed by atoms with Crippen molar-refractivity contribution >= 4 is 32.9 Å². The molecule has 1 atom stereocenters. The van der Waals surface area contributed by atoms with Gasteiger partial charge in [-0.15, -0.1) is 0 Å². The first-order valence-corrected chi connectivity index (χ1v) is 8.51. The highest BCUT2D eigenvalue weighted by atomic mass is 32.2. The minimum atomic E-state index is -1.24. The molecule has 0 aromatic carbocycles. The predicted molar refractivity (Wildman–Crippen MR) is 80.7 cm³/mol. The molecule has 9 heteroatoms. The largest absolute Gasteiger partial charge is 0.610 e. The highest BCUT2D eigenvalue weighted by Gasteiger charge is 2.20. The van der Waals surface area contributed by atoms with Crippen molar-refractivity contribution in [2.45, 2.75) is 17.8 Å². The summed E-state index contributed by atoms with van der Waals surface area (Å²) < 4.78 is 13.4. The Kier molecular flexibility index (Phi) is 3.70. The molecule has 0 spiro atoms. The van der Waals surface area contributed by atoms with E-state index >= 15 is 0 Å². The van der Waals surface area contributed by atoms with Crippen LogP contribution in [0.3, 0.4) is 0 Å². The predicted octanol–water partition coefficient (Wildman–Crippen LogP) is 1.07. The summed E-state index contributed by atoms with van der Waals surface area (Å²) in [6.07, 6.45) is 4.72. The zero-order chi connectivity index (χ0) is 15.0. The fraction of sp³-hybridized carbons (Fsp3) is 0.250. The minimum Gasteiger partial charge on any atom is -0.610 e. The van der Waals surface area contributed by atoms with E-state index in [2.05, 4.69) is 19.9 Å². The molecule has 21 heavy (non-hydrogen) atoms. The Balaban J connectivity index is 2.32. The Bertz CT molecular complexity index is 844. The molecule has 1 unspecified atom stereocenters. The molecule has 0 fully saturated rings. The molecule has 3 heterocycles. The zero-order valence-electron chi connectivity index (χ0n) is 11.3. The van der Waals surface area contributed by atoms with Crippen LogP contribution in [0.1, 0.15) is 6.92 Å². The van der Waals surface area contributed by atoms with Crippen LogP contribution in [0.25, 0.3) is 22.0 Å². The monoisotopic (exact) mass is 321 g/mol. The van der Waals surface area contributed by atoms with E-state index in [-0.39, 0.29) is 11.1 Å². The lowest BCUT2D eigenvalue weighted by molar-refractivity contribution is 0.600. The number of thiazole rings is 1. The number of aromatic nitrogens is 5. The SMILES string of the molecule is CCn1c(-c2ncccn2)nc2sc([S+](C)[O-])nc2c1=O. The summed E-state index contributed by atoms with van der Waals surface area (Å²) in [5, 5.41) is 0. The van der Waals surface area contributed by atoms with Crippen LogP contribution in [0.4, 0.5) is 0 Å². The quantitative estimate of drug-likeness (QED) is 0.669. The van der Waals surface area contributed by atoms with Gasteiger partial charge in [0.2, 0.25) is 0 Å². The molecule has 3 aromatic heterocycles. The molecule has 0 N–H and O–H groups in total. The van der Waals surface area contributed by atoms with Gasteiger partial charge in [0.25, 0.3) is 5.56 Å². The van der Waals surface area contributed by atoms with Crippen LogP contribution >= 0.6 is 11.3 Å². The van der Waals surface area contributed by atoms with E-state index in [4.69, 9.17) is 0 Å². The second-order valence-corrected chi connectivity index (χ2v) is 6.68. The van der Waals surface area contributed by atoms with E-state index in [0.29, 0.717) is 27.4 Å². The third kappa shape index (κ3) is 2.43. The van der Waals surface area contributed by atoms with Crippen molar-refractivity contribution in [3.05, 3.63) is 28.8 Å². The van der Waals surface area contributed by atoms with Crippen LogP contribution in [0.5, 0.6) is 0 Å². The Hall–Kier alpha value is -1.84. The summed E-state index contributed by atoms with van der Waals surface area (Å²) in [4.78, 5) is 29.8. The first-order valence-electron chi connectivity index (χ1n) is 6.14. The molecule has 0 aliphatic rings. The number of hydrogen-bond donors (Lipinski definition) is 0. The number of fused-ring (bicyclic) bond motifs is 1. The average Bonchev–Trinajstić information content (AvgIpc) is 2.93. The Labute approximate surface area is 126 Å². The van der Waals surface area contributed by atoms with Crippen LogP contribution in [0, 0.1) is 0 Å². The molecular weight excluding hydrogens is 310 g/mol. The summed E-state index contributed by atoms with van der Waals surface area (Å²) in [6.45, 7) is 2.27. The third-order valence-corrected chi connectivity index (χ3v) is 5.11. The second-order valence-electron chi connectivity index (χ2n) is 4.14. The van der Waals surface area contributed by atoms with Crippen molar-refractivity contribution in [2.24, 2.45) is 0 Å². The highest BCUT2D eigenvalue weighted by molar-refractivity contribution is 7.92. The molecule has 0 aliphatic heterocycles. The van der Waals surface area contributed by atoms with Gasteiger partial charge in [-0.25, -0.2) is 15.0 Å². The standard InChI is InChI=1S/C12H11N5O2S2/c1-3-17-9(8-13-5-4-6-14-8)16-10-7(11(17)18)15-12(20-10)21(2)19/h4-6H,3H2,1-2H3. The molecule has 0 bridgehead atoms. The van der Waals surface area contributed by atoms with Crippen molar-refractivity contribution in [2.75, 3.05) is 6.26 Å². The Morgan fingerprint density at radius 2 is 2.05 bits per heavy atom. The molecule has 7 nitrogen and oxygen atoms in total. The van der Waals surface area contributed by atoms with Crippen molar-refractivity contribution in [3.63, 3.8) is 0 Å².